The van der Waals surface area contributed by atoms with Gasteiger partial charge in [-0.2, -0.15) is 0 Å². The van der Waals surface area contributed by atoms with E-state index in [0.29, 0.717) is 11.6 Å². The first-order valence-electron chi connectivity index (χ1n) is 6.92. The molecule has 3 nitrogen and oxygen atoms in total. The molecule has 2 aromatic rings. The average molecular weight is 313 g/mol. The Morgan fingerprint density at radius 2 is 2.25 bits per heavy atom. The number of alkyl halides is 1. The molecule has 1 aliphatic rings. The normalized spacial score (nSPS) is 25.0. The van der Waals surface area contributed by atoms with Crippen molar-refractivity contribution in [1.29, 1.82) is 0 Å². The molecule has 2 unspecified atom stereocenters. The second kappa shape index (κ2) is 5.21. The number of imidazole rings is 1. The maximum Gasteiger partial charge on any atom is 0.128 e. The SMILES string of the molecule is CC(Cl)c1nc2c(Cl)cccc2n1C1(C)CCCOC1. The zero-order valence-corrected chi connectivity index (χ0v) is 13.2. The smallest absolute Gasteiger partial charge is 0.128 e. The maximum atomic E-state index is 6.35. The van der Waals surface area contributed by atoms with Crippen LogP contribution >= 0.6 is 23.2 Å². The van der Waals surface area contributed by atoms with Crippen molar-refractivity contribution in [2.45, 2.75) is 37.6 Å². The average Bonchev–Trinajstić information content (AvgIpc) is 2.81. The highest BCUT2D eigenvalue weighted by Gasteiger charge is 2.34. The van der Waals surface area contributed by atoms with Crippen molar-refractivity contribution in [1.82, 2.24) is 9.55 Å². The Bertz CT molecular complexity index is 630. The zero-order chi connectivity index (χ0) is 14.3. The van der Waals surface area contributed by atoms with Crippen LogP contribution in [0.15, 0.2) is 18.2 Å². The lowest BCUT2D eigenvalue weighted by Crippen LogP contribution is -2.40. The van der Waals surface area contributed by atoms with Gasteiger partial charge in [0.25, 0.3) is 0 Å². The van der Waals surface area contributed by atoms with Gasteiger partial charge >= 0.3 is 0 Å². The molecule has 0 saturated carbocycles. The Labute approximate surface area is 128 Å². The van der Waals surface area contributed by atoms with Gasteiger partial charge in [-0.25, -0.2) is 4.98 Å². The molecule has 0 radical (unpaired) electrons. The van der Waals surface area contributed by atoms with Crippen LogP contribution in [-0.2, 0) is 10.3 Å². The lowest BCUT2D eigenvalue weighted by atomic mass is 9.94. The van der Waals surface area contributed by atoms with Gasteiger partial charge in [-0.15, -0.1) is 11.6 Å². The van der Waals surface area contributed by atoms with Crippen LogP contribution in [0.3, 0.4) is 0 Å². The van der Waals surface area contributed by atoms with E-state index in [1.54, 1.807) is 0 Å². The van der Waals surface area contributed by atoms with E-state index >= 15 is 0 Å². The molecule has 0 N–H and O–H groups in total. The highest BCUT2D eigenvalue weighted by atomic mass is 35.5. The van der Waals surface area contributed by atoms with Crippen molar-refractivity contribution >= 4 is 34.2 Å². The molecule has 3 rings (SSSR count). The van der Waals surface area contributed by atoms with E-state index in [1.807, 2.05) is 19.1 Å². The number of hydrogen-bond acceptors (Lipinski definition) is 2. The molecule has 0 spiro atoms. The molecule has 1 aromatic carbocycles. The fourth-order valence-electron chi connectivity index (χ4n) is 3.01. The minimum atomic E-state index is -0.169. The molecule has 0 amide bonds. The van der Waals surface area contributed by atoms with Crippen LogP contribution in [0, 0.1) is 0 Å². The summed E-state index contributed by atoms with van der Waals surface area (Å²) in [7, 11) is 0. The first-order valence-corrected chi connectivity index (χ1v) is 7.73. The maximum absolute atomic E-state index is 6.35. The Balaban J connectivity index is 2.26. The summed E-state index contributed by atoms with van der Waals surface area (Å²) in [6, 6.07) is 5.87. The molecule has 5 heteroatoms. The van der Waals surface area contributed by atoms with E-state index in [2.05, 4.69) is 22.5 Å². The van der Waals surface area contributed by atoms with Crippen molar-refractivity contribution in [3.8, 4) is 0 Å². The minimum absolute atomic E-state index is 0.115. The third-order valence-corrected chi connectivity index (χ3v) is 4.47. The van der Waals surface area contributed by atoms with E-state index < -0.39 is 0 Å². The summed E-state index contributed by atoms with van der Waals surface area (Å²) in [5.74, 6) is 0.864. The molecular formula is C15H18Cl2N2O. The molecule has 1 aliphatic heterocycles. The van der Waals surface area contributed by atoms with Gasteiger partial charge in [0.15, 0.2) is 0 Å². The predicted octanol–water partition coefficient (Wildman–Crippen LogP) is 4.52. The highest BCUT2D eigenvalue weighted by Crippen LogP contribution is 2.37. The topological polar surface area (TPSA) is 27.1 Å². The molecule has 0 aliphatic carbocycles. The summed E-state index contributed by atoms with van der Waals surface area (Å²) in [5.41, 5.74) is 1.74. The second-order valence-corrected chi connectivity index (χ2v) is 6.74. The fraction of sp³-hybridized carbons (Fsp3) is 0.533. The summed E-state index contributed by atoms with van der Waals surface area (Å²) in [5, 5.41) is 0.498. The number of nitrogens with zero attached hydrogens (tertiary/aromatic N) is 2. The Morgan fingerprint density at radius 1 is 1.45 bits per heavy atom. The van der Waals surface area contributed by atoms with Crippen LogP contribution in [-0.4, -0.2) is 22.8 Å². The molecule has 1 saturated heterocycles. The molecule has 108 valence electrons. The Hall–Kier alpha value is -0.770. The van der Waals surface area contributed by atoms with Gasteiger partial charge in [-0.1, -0.05) is 17.7 Å². The monoisotopic (exact) mass is 312 g/mol. The molecule has 20 heavy (non-hydrogen) atoms. The lowest BCUT2D eigenvalue weighted by molar-refractivity contribution is 0.0101. The lowest BCUT2D eigenvalue weighted by Gasteiger charge is -2.37. The van der Waals surface area contributed by atoms with Crippen molar-refractivity contribution < 1.29 is 4.74 Å². The van der Waals surface area contributed by atoms with E-state index in [-0.39, 0.29) is 10.9 Å². The number of rotatable bonds is 2. The summed E-state index contributed by atoms with van der Waals surface area (Å²) in [6.45, 7) is 5.66. The van der Waals surface area contributed by atoms with E-state index in [9.17, 15) is 0 Å². The Morgan fingerprint density at radius 3 is 2.90 bits per heavy atom. The molecule has 1 fully saturated rings. The summed E-state index contributed by atoms with van der Waals surface area (Å²) < 4.78 is 7.93. The summed E-state index contributed by atoms with van der Waals surface area (Å²) in [6.07, 6.45) is 2.11. The highest BCUT2D eigenvalue weighted by molar-refractivity contribution is 6.35. The summed E-state index contributed by atoms with van der Waals surface area (Å²) in [4.78, 5) is 4.68. The van der Waals surface area contributed by atoms with E-state index in [1.165, 1.54) is 0 Å². The van der Waals surface area contributed by atoms with Crippen LogP contribution < -0.4 is 0 Å². The quantitative estimate of drug-likeness (QED) is 0.763. The van der Waals surface area contributed by atoms with Gasteiger partial charge in [0, 0.05) is 6.61 Å². The number of hydrogen-bond donors (Lipinski definition) is 0. The predicted molar refractivity (Wildman–Crippen MR) is 82.7 cm³/mol. The van der Waals surface area contributed by atoms with Crippen molar-refractivity contribution in [2.75, 3.05) is 13.2 Å². The molecule has 0 bridgehead atoms. The van der Waals surface area contributed by atoms with Crippen molar-refractivity contribution in [2.24, 2.45) is 0 Å². The number of fused-ring (bicyclic) bond motifs is 1. The van der Waals surface area contributed by atoms with Gasteiger partial charge in [0.1, 0.15) is 11.3 Å². The standard InChI is InChI=1S/C15H18Cl2N2O/c1-10(16)14-18-13-11(17)5-3-6-12(13)19(14)15(2)7-4-8-20-9-15/h3,5-6,10H,4,7-9H2,1-2H3. The van der Waals surface area contributed by atoms with E-state index in [0.717, 1.165) is 36.3 Å². The van der Waals surface area contributed by atoms with Crippen LogP contribution in [0.25, 0.3) is 11.0 Å². The fourth-order valence-corrected chi connectivity index (χ4v) is 3.37. The first-order chi connectivity index (χ1) is 9.53. The van der Waals surface area contributed by atoms with E-state index in [4.69, 9.17) is 27.9 Å². The van der Waals surface area contributed by atoms with Crippen LogP contribution in [0.1, 0.15) is 37.9 Å². The molecule has 1 aromatic heterocycles. The van der Waals surface area contributed by atoms with Gasteiger partial charge in [0.05, 0.1) is 28.1 Å². The largest absolute Gasteiger partial charge is 0.379 e. The van der Waals surface area contributed by atoms with Crippen molar-refractivity contribution in [3.05, 3.63) is 29.0 Å². The minimum Gasteiger partial charge on any atom is -0.379 e. The number of benzene rings is 1. The molecule has 2 heterocycles. The second-order valence-electron chi connectivity index (χ2n) is 5.68. The van der Waals surface area contributed by atoms with Crippen LogP contribution in [0.2, 0.25) is 5.02 Å². The summed E-state index contributed by atoms with van der Waals surface area (Å²) >= 11 is 12.6. The first kappa shape index (κ1) is 14.2. The number of para-hydroxylation sites is 1. The molecular weight excluding hydrogens is 295 g/mol. The Kier molecular flexibility index (Phi) is 3.69. The van der Waals surface area contributed by atoms with Crippen LogP contribution in [0.5, 0.6) is 0 Å². The van der Waals surface area contributed by atoms with Gasteiger partial charge in [0.2, 0.25) is 0 Å². The third-order valence-electron chi connectivity index (χ3n) is 3.97. The molecule has 2 atom stereocenters. The number of halogens is 2. The van der Waals surface area contributed by atoms with Gasteiger partial charge < -0.3 is 9.30 Å². The van der Waals surface area contributed by atoms with Gasteiger partial charge in [-0.3, -0.25) is 0 Å². The zero-order valence-electron chi connectivity index (χ0n) is 11.7. The third kappa shape index (κ3) is 2.22. The number of ether oxygens (including phenoxy) is 1. The van der Waals surface area contributed by atoms with Crippen LogP contribution in [0.4, 0.5) is 0 Å². The number of aromatic nitrogens is 2. The van der Waals surface area contributed by atoms with Crippen molar-refractivity contribution in [3.63, 3.8) is 0 Å². The van der Waals surface area contributed by atoms with Gasteiger partial charge in [-0.05, 0) is 38.8 Å².